The van der Waals surface area contributed by atoms with Gasteiger partial charge in [-0.3, -0.25) is 0 Å². The summed E-state index contributed by atoms with van der Waals surface area (Å²) in [5.41, 5.74) is 0. The molecule has 1 aliphatic carbocycles. The van der Waals surface area contributed by atoms with Gasteiger partial charge in [-0.25, -0.2) is 0 Å². The van der Waals surface area contributed by atoms with Crippen LogP contribution in [-0.4, -0.2) is 0 Å². The molecule has 0 spiro atoms. The minimum Gasteiger partial charge on any atom is -0.0683 e. The van der Waals surface area contributed by atoms with E-state index < -0.39 is 0 Å². The molecule has 0 bridgehead atoms. The third-order valence-corrected chi connectivity index (χ3v) is 3.94. The van der Waals surface area contributed by atoms with Crippen LogP contribution >= 0.6 is 0 Å². The van der Waals surface area contributed by atoms with Gasteiger partial charge in [0.25, 0.3) is 0 Å². The molecule has 0 aromatic heterocycles. The molecule has 1 fully saturated rings. The summed E-state index contributed by atoms with van der Waals surface area (Å²) in [5, 5.41) is 0. The molecule has 16 heavy (non-hydrogen) atoms. The molecule has 0 unspecified atom stereocenters. The Morgan fingerprint density at radius 1 is 0.938 bits per heavy atom. The Balaban J connectivity index is 0.00000106. The van der Waals surface area contributed by atoms with Crippen LogP contribution in [0.3, 0.4) is 0 Å². The van der Waals surface area contributed by atoms with E-state index in [9.17, 15) is 0 Å². The normalized spacial score (nSPS) is 25.1. The minimum absolute atomic E-state index is 0.905. The SMILES string of the molecule is CC.CCC1CCC(CCCC(C)C)CC1. The molecule has 0 aliphatic heterocycles. The van der Waals surface area contributed by atoms with Crippen molar-refractivity contribution < 1.29 is 0 Å². The van der Waals surface area contributed by atoms with Crippen molar-refractivity contribution >= 4 is 0 Å². The van der Waals surface area contributed by atoms with Crippen LogP contribution in [0.25, 0.3) is 0 Å². The van der Waals surface area contributed by atoms with E-state index in [4.69, 9.17) is 0 Å². The smallest absolute Gasteiger partial charge is 0.0414 e. The van der Waals surface area contributed by atoms with Gasteiger partial charge in [-0.15, -0.1) is 0 Å². The topological polar surface area (TPSA) is 0 Å². The van der Waals surface area contributed by atoms with E-state index in [-0.39, 0.29) is 0 Å². The summed E-state index contributed by atoms with van der Waals surface area (Å²) in [5.74, 6) is 3.05. The molecule has 0 nitrogen and oxygen atoms in total. The van der Waals surface area contributed by atoms with Crippen molar-refractivity contribution in [2.45, 2.75) is 86.0 Å². The first kappa shape index (κ1) is 16.0. The van der Waals surface area contributed by atoms with Crippen molar-refractivity contribution in [1.82, 2.24) is 0 Å². The van der Waals surface area contributed by atoms with Gasteiger partial charge in [-0.1, -0.05) is 86.0 Å². The highest BCUT2D eigenvalue weighted by Crippen LogP contribution is 2.33. The van der Waals surface area contributed by atoms with Crippen LogP contribution in [0.4, 0.5) is 0 Å². The Hall–Kier alpha value is 0. The van der Waals surface area contributed by atoms with Gasteiger partial charge in [-0.2, -0.15) is 0 Å². The van der Waals surface area contributed by atoms with E-state index in [1.807, 2.05) is 13.8 Å². The quantitative estimate of drug-likeness (QED) is 0.535. The van der Waals surface area contributed by atoms with E-state index in [2.05, 4.69) is 20.8 Å². The summed E-state index contributed by atoms with van der Waals surface area (Å²) in [7, 11) is 0. The van der Waals surface area contributed by atoms with Crippen LogP contribution in [0.1, 0.15) is 86.0 Å². The fourth-order valence-electron chi connectivity index (χ4n) is 2.74. The van der Waals surface area contributed by atoms with Crippen molar-refractivity contribution in [2.75, 3.05) is 0 Å². The van der Waals surface area contributed by atoms with Crippen LogP contribution in [0, 0.1) is 17.8 Å². The molecule has 0 amide bonds. The largest absolute Gasteiger partial charge is 0.0683 e. The summed E-state index contributed by atoms with van der Waals surface area (Å²) in [6.45, 7) is 11.0. The van der Waals surface area contributed by atoms with E-state index >= 15 is 0 Å². The second-order valence-electron chi connectivity index (χ2n) is 5.62. The molecule has 1 aliphatic rings. The van der Waals surface area contributed by atoms with Gasteiger partial charge < -0.3 is 0 Å². The summed E-state index contributed by atoms with van der Waals surface area (Å²) >= 11 is 0. The summed E-state index contributed by atoms with van der Waals surface area (Å²) < 4.78 is 0. The average Bonchev–Trinajstić information content (AvgIpc) is 2.32. The van der Waals surface area contributed by atoms with E-state index in [1.165, 1.54) is 51.4 Å². The number of hydrogen-bond donors (Lipinski definition) is 0. The van der Waals surface area contributed by atoms with Crippen molar-refractivity contribution in [3.05, 3.63) is 0 Å². The molecule has 0 atom stereocenters. The van der Waals surface area contributed by atoms with Crippen molar-refractivity contribution in [3.8, 4) is 0 Å². The van der Waals surface area contributed by atoms with Crippen LogP contribution in [0.5, 0.6) is 0 Å². The first-order chi connectivity index (χ1) is 7.72. The maximum atomic E-state index is 2.35. The molecule has 0 heterocycles. The molecule has 0 aromatic carbocycles. The number of hydrogen-bond acceptors (Lipinski definition) is 0. The van der Waals surface area contributed by atoms with E-state index in [0.717, 1.165) is 17.8 Å². The lowest BCUT2D eigenvalue weighted by Gasteiger charge is -2.27. The second kappa shape index (κ2) is 10.2. The first-order valence-electron chi connectivity index (χ1n) is 7.72. The zero-order chi connectivity index (χ0) is 12.4. The zero-order valence-electron chi connectivity index (χ0n) is 12.4. The predicted molar refractivity (Wildman–Crippen MR) is 75.8 cm³/mol. The van der Waals surface area contributed by atoms with Gasteiger partial charge in [-0.05, 0) is 17.8 Å². The highest BCUT2D eigenvalue weighted by molar-refractivity contribution is 4.71. The maximum absolute atomic E-state index is 2.35. The van der Waals surface area contributed by atoms with Gasteiger partial charge in [0, 0.05) is 0 Å². The molecule has 0 N–H and O–H groups in total. The van der Waals surface area contributed by atoms with Gasteiger partial charge in [0.2, 0.25) is 0 Å². The molecule has 0 aromatic rings. The predicted octanol–water partition coefficient (Wildman–Crippen LogP) is 6.06. The Morgan fingerprint density at radius 2 is 1.44 bits per heavy atom. The van der Waals surface area contributed by atoms with E-state index in [0.29, 0.717) is 0 Å². The van der Waals surface area contributed by atoms with Gasteiger partial charge in [0.15, 0.2) is 0 Å². The van der Waals surface area contributed by atoms with Crippen LogP contribution in [0.15, 0.2) is 0 Å². The fourth-order valence-corrected chi connectivity index (χ4v) is 2.74. The standard InChI is InChI=1S/C14H28.C2H6/c1-4-13-8-10-14(11-9-13)7-5-6-12(2)3;1-2/h12-14H,4-11H2,1-3H3;1-2H3. The van der Waals surface area contributed by atoms with Crippen molar-refractivity contribution in [2.24, 2.45) is 17.8 Å². The van der Waals surface area contributed by atoms with Gasteiger partial charge in [0.1, 0.15) is 0 Å². The summed E-state index contributed by atoms with van der Waals surface area (Å²) in [4.78, 5) is 0. The third kappa shape index (κ3) is 7.30. The third-order valence-electron chi connectivity index (χ3n) is 3.94. The fraction of sp³-hybridized carbons (Fsp3) is 1.00. The molecule has 0 heteroatoms. The van der Waals surface area contributed by atoms with E-state index in [1.54, 1.807) is 0 Å². The lowest BCUT2D eigenvalue weighted by atomic mass is 9.78. The Kier molecular flexibility index (Phi) is 10.2. The minimum atomic E-state index is 0.905. The molecule has 0 radical (unpaired) electrons. The zero-order valence-corrected chi connectivity index (χ0v) is 12.4. The van der Waals surface area contributed by atoms with Gasteiger partial charge >= 0.3 is 0 Å². The molecule has 98 valence electrons. The van der Waals surface area contributed by atoms with Crippen molar-refractivity contribution in [1.29, 1.82) is 0 Å². The lowest BCUT2D eigenvalue weighted by Crippen LogP contribution is -2.13. The molecular weight excluding hydrogens is 192 g/mol. The van der Waals surface area contributed by atoms with Crippen molar-refractivity contribution in [3.63, 3.8) is 0 Å². The van der Waals surface area contributed by atoms with Crippen LogP contribution in [-0.2, 0) is 0 Å². The molecule has 0 saturated heterocycles. The Bertz CT molecular complexity index is 129. The average molecular weight is 226 g/mol. The highest BCUT2D eigenvalue weighted by atomic mass is 14.2. The monoisotopic (exact) mass is 226 g/mol. The molecule has 1 rings (SSSR count). The Morgan fingerprint density at radius 3 is 1.88 bits per heavy atom. The maximum Gasteiger partial charge on any atom is -0.0414 e. The summed E-state index contributed by atoms with van der Waals surface area (Å²) in [6.07, 6.45) is 11.9. The van der Waals surface area contributed by atoms with Gasteiger partial charge in [0.05, 0.1) is 0 Å². The highest BCUT2D eigenvalue weighted by Gasteiger charge is 2.19. The second-order valence-corrected chi connectivity index (χ2v) is 5.62. The van der Waals surface area contributed by atoms with Crippen LogP contribution < -0.4 is 0 Å². The summed E-state index contributed by atoms with van der Waals surface area (Å²) in [6, 6.07) is 0. The first-order valence-corrected chi connectivity index (χ1v) is 7.72. The Labute approximate surface area is 104 Å². The lowest BCUT2D eigenvalue weighted by molar-refractivity contribution is 0.251. The molecular formula is C16H34. The number of rotatable bonds is 5. The van der Waals surface area contributed by atoms with Crippen LogP contribution in [0.2, 0.25) is 0 Å². The molecule has 1 saturated carbocycles.